The van der Waals surface area contributed by atoms with Crippen molar-refractivity contribution in [2.45, 2.75) is 13.3 Å². The lowest BCUT2D eigenvalue weighted by Crippen LogP contribution is -2.24. The molecule has 2 aromatic rings. The van der Waals surface area contributed by atoms with Crippen molar-refractivity contribution in [1.29, 1.82) is 0 Å². The van der Waals surface area contributed by atoms with Crippen LogP contribution in [0.25, 0.3) is 11.3 Å². The molecule has 0 radical (unpaired) electrons. The topological polar surface area (TPSA) is 68.0 Å². The van der Waals surface area contributed by atoms with Gasteiger partial charge >= 0.3 is 0 Å². The number of nitrogens with zero attached hydrogens (tertiary/aromatic N) is 2. The molecule has 0 bridgehead atoms. The van der Waals surface area contributed by atoms with E-state index in [1.807, 2.05) is 25.1 Å². The highest BCUT2D eigenvalue weighted by molar-refractivity contribution is 6.00. The molecular weight excluding hydrogens is 218 g/mol. The monoisotopic (exact) mass is 231 g/mol. The van der Waals surface area contributed by atoms with E-state index in [4.69, 9.17) is 4.52 Å². The van der Waals surface area contributed by atoms with E-state index in [2.05, 4.69) is 15.7 Å². The first-order valence-corrected chi connectivity index (χ1v) is 5.48. The smallest absolute Gasteiger partial charge is 0.252 e. The van der Waals surface area contributed by atoms with Gasteiger partial charge in [0, 0.05) is 17.4 Å². The second-order valence-corrected chi connectivity index (χ2v) is 3.58. The van der Waals surface area contributed by atoms with E-state index in [9.17, 15) is 4.79 Å². The van der Waals surface area contributed by atoms with Gasteiger partial charge in [0.25, 0.3) is 5.91 Å². The third-order valence-electron chi connectivity index (χ3n) is 2.33. The lowest BCUT2D eigenvalue weighted by Gasteiger charge is -2.06. The Labute approximate surface area is 98.8 Å². The summed E-state index contributed by atoms with van der Waals surface area (Å²) in [5, 5.41) is 9.85. The van der Waals surface area contributed by atoms with Crippen LogP contribution in [0.4, 0.5) is 0 Å². The molecular formula is C12H13N3O2. The van der Waals surface area contributed by atoms with Gasteiger partial charge in [-0.25, -0.2) is 0 Å². The largest absolute Gasteiger partial charge is 0.352 e. The molecule has 0 saturated carbocycles. The Kier molecular flexibility index (Phi) is 3.49. The summed E-state index contributed by atoms with van der Waals surface area (Å²) >= 11 is 0. The lowest BCUT2D eigenvalue weighted by atomic mass is 10.1. The van der Waals surface area contributed by atoms with Crippen LogP contribution < -0.4 is 5.32 Å². The zero-order valence-electron chi connectivity index (χ0n) is 9.51. The zero-order chi connectivity index (χ0) is 12.1. The quantitative estimate of drug-likeness (QED) is 0.872. The van der Waals surface area contributed by atoms with E-state index in [0.717, 1.165) is 6.42 Å². The summed E-state index contributed by atoms with van der Waals surface area (Å²) in [5.41, 5.74) is 1.27. The van der Waals surface area contributed by atoms with E-state index in [0.29, 0.717) is 23.4 Å². The van der Waals surface area contributed by atoms with Gasteiger partial charge in [0.1, 0.15) is 0 Å². The summed E-state index contributed by atoms with van der Waals surface area (Å²) in [6.07, 6.45) is 2.39. The molecule has 0 spiro atoms. The number of rotatable bonds is 4. The first-order valence-electron chi connectivity index (χ1n) is 5.48. The average molecular weight is 231 g/mol. The third-order valence-corrected chi connectivity index (χ3v) is 2.33. The maximum atomic E-state index is 11.9. The minimum absolute atomic E-state index is 0.112. The molecule has 5 nitrogen and oxygen atoms in total. The van der Waals surface area contributed by atoms with E-state index in [-0.39, 0.29) is 5.91 Å². The Morgan fingerprint density at radius 1 is 1.41 bits per heavy atom. The van der Waals surface area contributed by atoms with Crippen molar-refractivity contribution in [1.82, 2.24) is 15.7 Å². The fourth-order valence-electron chi connectivity index (χ4n) is 1.52. The molecule has 1 amide bonds. The summed E-state index contributed by atoms with van der Waals surface area (Å²) in [5.74, 6) is 0.381. The predicted molar refractivity (Wildman–Crippen MR) is 62.4 cm³/mol. The van der Waals surface area contributed by atoms with Crippen molar-refractivity contribution in [3.63, 3.8) is 0 Å². The van der Waals surface area contributed by atoms with Crippen LogP contribution in [0.2, 0.25) is 0 Å². The first-order chi connectivity index (χ1) is 8.33. The molecule has 1 N–H and O–H groups in total. The average Bonchev–Trinajstić information content (AvgIpc) is 2.89. The Bertz CT molecular complexity index is 494. The van der Waals surface area contributed by atoms with E-state index >= 15 is 0 Å². The molecule has 1 aromatic heterocycles. The number of nitrogens with one attached hydrogen (secondary N) is 1. The summed E-state index contributed by atoms with van der Waals surface area (Å²) in [4.78, 5) is 11.9. The summed E-state index contributed by atoms with van der Waals surface area (Å²) < 4.78 is 4.97. The Morgan fingerprint density at radius 2 is 2.24 bits per heavy atom. The van der Waals surface area contributed by atoms with Crippen molar-refractivity contribution in [2.75, 3.05) is 6.54 Å². The standard InChI is InChI=1S/C12H13N3O2/c1-2-7-13-12(16)10-6-4-3-5-9(10)11-8-14-15-17-11/h3-6,8H,2,7H2,1H3,(H,13,16). The highest BCUT2D eigenvalue weighted by Gasteiger charge is 2.14. The molecule has 88 valence electrons. The zero-order valence-corrected chi connectivity index (χ0v) is 9.51. The predicted octanol–water partition coefficient (Wildman–Crippen LogP) is 1.88. The first kappa shape index (κ1) is 11.3. The van der Waals surface area contributed by atoms with Crippen molar-refractivity contribution >= 4 is 5.91 Å². The van der Waals surface area contributed by atoms with Gasteiger partial charge < -0.3 is 9.84 Å². The van der Waals surface area contributed by atoms with Gasteiger partial charge in [0.05, 0.1) is 11.8 Å². The minimum atomic E-state index is -0.112. The van der Waals surface area contributed by atoms with Gasteiger partial charge in [0.15, 0.2) is 5.76 Å². The van der Waals surface area contributed by atoms with Crippen molar-refractivity contribution < 1.29 is 9.32 Å². The van der Waals surface area contributed by atoms with E-state index in [1.165, 1.54) is 6.20 Å². The molecule has 0 aliphatic rings. The normalized spacial score (nSPS) is 10.2. The van der Waals surface area contributed by atoms with Gasteiger partial charge in [-0.1, -0.05) is 25.1 Å². The maximum Gasteiger partial charge on any atom is 0.252 e. The van der Waals surface area contributed by atoms with Crippen molar-refractivity contribution in [3.05, 3.63) is 36.0 Å². The van der Waals surface area contributed by atoms with Gasteiger partial charge in [0.2, 0.25) is 0 Å². The van der Waals surface area contributed by atoms with Crippen LogP contribution >= 0.6 is 0 Å². The van der Waals surface area contributed by atoms with Crippen LogP contribution in [0.3, 0.4) is 0 Å². The SMILES string of the molecule is CCCNC(=O)c1ccccc1-c1cnno1. The molecule has 17 heavy (non-hydrogen) atoms. The number of carbonyl (C=O) groups is 1. The molecule has 0 atom stereocenters. The molecule has 0 aliphatic heterocycles. The Hall–Kier alpha value is -2.17. The summed E-state index contributed by atoms with van der Waals surface area (Å²) in [7, 11) is 0. The van der Waals surface area contributed by atoms with Crippen LogP contribution in [0.1, 0.15) is 23.7 Å². The number of benzene rings is 1. The van der Waals surface area contributed by atoms with Crippen molar-refractivity contribution in [3.8, 4) is 11.3 Å². The molecule has 1 heterocycles. The summed E-state index contributed by atoms with van der Waals surface area (Å²) in [6, 6.07) is 7.22. The lowest BCUT2D eigenvalue weighted by molar-refractivity contribution is 0.0954. The van der Waals surface area contributed by atoms with E-state index in [1.54, 1.807) is 6.07 Å². The molecule has 0 unspecified atom stereocenters. The van der Waals surface area contributed by atoms with Crippen LogP contribution in [-0.4, -0.2) is 22.8 Å². The molecule has 5 heteroatoms. The van der Waals surface area contributed by atoms with Gasteiger partial charge in [-0.05, 0) is 12.5 Å². The number of hydrogen-bond donors (Lipinski definition) is 1. The van der Waals surface area contributed by atoms with Crippen molar-refractivity contribution in [2.24, 2.45) is 0 Å². The number of amides is 1. The second-order valence-electron chi connectivity index (χ2n) is 3.58. The summed E-state index contributed by atoms with van der Waals surface area (Å²) in [6.45, 7) is 2.66. The molecule has 0 saturated heterocycles. The fraction of sp³-hybridized carbons (Fsp3) is 0.250. The van der Waals surface area contributed by atoms with Gasteiger partial charge in [-0.2, -0.15) is 0 Å². The number of carbonyl (C=O) groups excluding carboxylic acids is 1. The highest BCUT2D eigenvalue weighted by atomic mass is 16.5. The second kappa shape index (κ2) is 5.25. The van der Waals surface area contributed by atoms with Crippen LogP contribution in [0.15, 0.2) is 35.0 Å². The fourth-order valence-corrected chi connectivity index (χ4v) is 1.52. The van der Waals surface area contributed by atoms with Crippen LogP contribution in [-0.2, 0) is 0 Å². The van der Waals surface area contributed by atoms with E-state index < -0.39 is 0 Å². The molecule has 0 aliphatic carbocycles. The van der Waals surface area contributed by atoms with Gasteiger partial charge in [-0.15, -0.1) is 5.10 Å². The maximum absolute atomic E-state index is 11.9. The third kappa shape index (κ3) is 2.50. The molecule has 1 aromatic carbocycles. The van der Waals surface area contributed by atoms with Crippen LogP contribution in [0, 0.1) is 0 Å². The van der Waals surface area contributed by atoms with Crippen LogP contribution in [0.5, 0.6) is 0 Å². The molecule has 2 rings (SSSR count). The number of hydrogen-bond acceptors (Lipinski definition) is 4. The minimum Gasteiger partial charge on any atom is -0.352 e. The Morgan fingerprint density at radius 3 is 2.94 bits per heavy atom. The van der Waals surface area contributed by atoms with Gasteiger partial charge in [-0.3, -0.25) is 4.79 Å². The molecule has 0 fully saturated rings. The highest BCUT2D eigenvalue weighted by Crippen LogP contribution is 2.22. The number of aromatic nitrogens is 2. The Balaban J connectivity index is 2.31.